The van der Waals surface area contributed by atoms with Crippen LogP contribution in [0.4, 0.5) is 5.69 Å². The molecule has 0 unspecified atom stereocenters. The highest BCUT2D eigenvalue weighted by Crippen LogP contribution is 2.17. The minimum absolute atomic E-state index is 0.167. The van der Waals surface area contributed by atoms with Crippen molar-refractivity contribution >= 4 is 40.7 Å². The van der Waals surface area contributed by atoms with E-state index in [-0.39, 0.29) is 24.9 Å². The molecule has 150 valence electrons. The topological polar surface area (TPSA) is 73.2 Å². The average Bonchev–Trinajstić information content (AvgIpc) is 2.73. The molecule has 0 aliphatic heterocycles. The largest absolute Gasteiger partial charge is 0.325 e. The van der Waals surface area contributed by atoms with E-state index in [1.54, 1.807) is 72.8 Å². The van der Waals surface area contributed by atoms with Gasteiger partial charge in [-0.05, 0) is 60.2 Å². The van der Waals surface area contributed by atoms with E-state index in [1.165, 1.54) is 4.90 Å². The number of nitrogens with one attached hydrogen (secondary N) is 1. The predicted molar refractivity (Wildman–Crippen MR) is 117 cm³/mol. The summed E-state index contributed by atoms with van der Waals surface area (Å²) in [5, 5.41) is 12.9. The first-order valence-corrected chi connectivity index (χ1v) is 9.79. The molecule has 5 nitrogen and oxygen atoms in total. The summed E-state index contributed by atoms with van der Waals surface area (Å²) >= 11 is 11.9. The van der Waals surface area contributed by atoms with E-state index in [2.05, 4.69) is 11.4 Å². The van der Waals surface area contributed by atoms with Crippen LogP contribution in [0.25, 0.3) is 0 Å². The molecule has 3 rings (SSSR count). The van der Waals surface area contributed by atoms with Gasteiger partial charge >= 0.3 is 0 Å². The molecule has 3 aromatic rings. The zero-order valence-electron chi connectivity index (χ0n) is 15.8. The van der Waals surface area contributed by atoms with Gasteiger partial charge in [-0.15, -0.1) is 0 Å². The lowest BCUT2D eigenvalue weighted by Gasteiger charge is -2.23. The van der Waals surface area contributed by atoms with Crippen LogP contribution >= 0.6 is 23.2 Å². The number of carbonyl (C=O) groups excluding carboxylic acids is 2. The van der Waals surface area contributed by atoms with Gasteiger partial charge in [-0.25, -0.2) is 0 Å². The molecule has 0 saturated carbocycles. The number of carbonyl (C=O) groups is 2. The maximum absolute atomic E-state index is 13.1. The quantitative estimate of drug-likeness (QED) is 0.579. The highest BCUT2D eigenvalue weighted by Gasteiger charge is 2.20. The molecule has 0 atom stereocenters. The number of nitrogens with zero attached hydrogens (tertiary/aromatic N) is 2. The van der Waals surface area contributed by atoms with Crippen LogP contribution in [0.3, 0.4) is 0 Å². The van der Waals surface area contributed by atoms with E-state index >= 15 is 0 Å². The van der Waals surface area contributed by atoms with Gasteiger partial charge in [0.15, 0.2) is 0 Å². The first kappa shape index (κ1) is 21.4. The Morgan fingerprint density at radius 2 is 1.67 bits per heavy atom. The minimum atomic E-state index is -0.365. The molecule has 0 bridgehead atoms. The van der Waals surface area contributed by atoms with Gasteiger partial charge in [-0.3, -0.25) is 9.59 Å². The number of anilines is 1. The van der Waals surface area contributed by atoms with Crippen LogP contribution in [-0.4, -0.2) is 23.3 Å². The van der Waals surface area contributed by atoms with Crippen molar-refractivity contribution in [3.63, 3.8) is 0 Å². The first-order chi connectivity index (χ1) is 14.4. The Bertz CT molecular complexity index is 1110. The molecule has 3 aromatic carbocycles. The van der Waals surface area contributed by atoms with Gasteiger partial charge in [-0.1, -0.05) is 41.4 Å². The zero-order valence-corrected chi connectivity index (χ0v) is 17.3. The number of hydrogen-bond donors (Lipinski definition) is 1. The normalized spacial score (nSPS) is 10.2. The zero-order chi connectivity index (χ0) is 21.5. The van der Waals surface area contributed by atoms with E-state index in [9.17, 15) is 9.59 Å². The summed E-state index contributed by atoms with van der Waals surface area (Å²) in [6, 6.07) is 22.2. The fourth-order valence-electron chi connectivity index (χ4n) is 2.87. The molecule has 0 aliphatic rings. The molecule has 2 amide bonds. The van der Waals surface area contributed by atoms with Crippen molar-refractivity contribution in [3.05, 3.63) is 99.5 Å². The van der Waals surface area contributed by atoms with E-state index < -0.39 is 0 Å². The lowest BCUT2D eigenvalue weighted by Crippen LogP contribution is -2.37. The van der Waals surface area contributed by atoms with Gasteiger partial charge in [0.25, 0.3) is 5.91 Å². The van der Waals surface area contributed by atoms with Crippen LogP contribution < -0.4 is 5.32 Å². The standard InChI is InChI=1S/C23H17Cl2N3O2/c24-19-9-7-18(8-10-19)23(30)28(14-17-4-1-3-16(11-17)13-26)15-22(29)27-21-6-2-5-20(25)12-21/h1-12H,14-15H2,(H,27,29). The average molecular weight is 438 g/mol. The fourth-order valence-corrected chi connectivity index (χ4v) is 3.19. The Kier molecular flexibility index (Phi) is 7.08. The molecule has 0 aliphatic carbocycles. The Balaban J connectivity index is 1.82. The second-order valence-electron chi connectivity index (χ2n) is 6.54. The maximum Gasteiger partial charge on any atom is 0.254 e. The number of rotatable bonds is 6. The predicted octanol–water partition coefficient (Wildman–Crippen LogP) is 5.15. The van der Waals surface area contributed by atoms with Crippen LogP contribution in [0.1, 0.15) is 21.5 Å². The summed E-state index contributed by atoms with van der Waals surface area (Å²) in [6.45, 7) is -0.00923. The number of hydrogen-bond acceptors (Lipinski definition) is 3. The highest BCUT2D eigenvalue weighted by atomic mass is 35.5. The van der Waals surface area contributed by atoms with Gasteiger partial charge in [0.2, 0.25) is 5.91 Å². The van der Waals surface area contributed by atoms with Crippen LogP contribution in [0.5, 0.6) is 0 Å². The third-order valence-corrected chi connectivity index (χ3v) is 4.74. The van der Waals surface area contributed by atoms with Gasteiger partial charge < -0.3 is 10.2 Å². The van der Waals surface area contributed by atoms with Crippen molar-refractivity contribution in [2.45, 2.75) is 6.54 Å². The Hall–Kier alpha value is -3.33. The van der Waals surface area contributed by atoms with Gasteiger partial charge in [0, 0.05) is 27.8 Å². The smallest absolute Gasteiger partial charge is 0.254 e. The molecule has 0 heterocycles. The SMILES string of the molecule is N#Cc1cccc(CN(CC(=O)Nc2cccc(Cl)c2)C(=O)c2ccc(Cl)cc2)c1. The van der Waals surface area contributed by atoms with Crippen molar-refractivity contribution in [2.75, 3.05) is 11.9 Å². The van der Waals surface area contributed by atoms with Crippen molar-refractivity contribution in [3.8, 4) is 6.07 Å². The van der Waals surface area contributed by atoms with Gasteiger partial charge in [0.1, 0.15) is 6.54 Å². The third-order valence-electron chi connectivity index (χ3n) is 4.25. The molecule has 1 N–H and O–H groups in total. The van der Waals surface area contributed by atoms with E-state index in [4.69, 9.17) is 28.5 Å². The molecular formula is C23H17Cl2N3O2. The van der Waals surface area contributed by atoms with Crippen LogP contribution in [0.2, 0.25) is 10.0 Å². The molecule has 7 heteroatoms. The van der Waals surface area contributed by atoms with Crippen LogP contribution in [0, 0.1) is 11.3 Å². The van der Waals surface area contributed by atoms with E-state index in [0.717, 1.165) is 5.56 Å². The van der Waals surface area contributed by atoms with Crippen LogP contribution in [-0.2, 0) is 11.3 Å². The minimum Gasteiger partial charge on any atom is -0.325 e. The number of halogens is 2. The number of nitriles is 1. The first-order valence-electron chi connectivity index (χ1n) is 9.04. The molecular weight excluding hydrogens is 421 g/mol. The molecule has 0 spiro atoms. The Morgan fingerprint density at radius 3 is 2.37 bits per heavy atom. The summed E-state index contributed by atoms with van der Waals surface area (Å²) in [6.07, 6.45) is 0. The van der Waals surface area contributed by atoms with Crippen molar-refractivity contribution < 1.29 is 9.59 Å². The molecule has 30 heavy (non-hydrogen) atoms. The molecule has 0 fully saturated rings. The molecule has 0 saturated heterocycles. The van der Waals surface area contributed by atoms with E-state index in [0.29, 0.717) is 26.9 Å². The molecule has 0 radical (unpaired) electrons. The van der Waals surface area contributed by atoms with Crippen molar-refractivity contribution in [1.82, 2.24) is 4.90 Å². The third kappa shape index (κ3) is 5.84. The summed E-state index contributed by atoms with van der Waals surface area (Å²) < 4.78 is 0. The maximum atomic E-state index is 13.1. The Morgan fingerprint density at radius 1 is 0.933 bits per heavy atom. The lowest BCUT2D eigenvalue weighted by atomic mass is 10.1. The summed E-state index contributed by atoms with van der Waals surface area (Å²) in [5.74, 6) is -0.689. The van der Waals surface area contributed by atoms with Crippen LogP contribution in [0.15, 0.2) is 72.8 Å². The summed E-state index contributed by atoms with van der Waals surface area (Å²) in [4.78, 5) is 27.1. The van der Waals surface area contributed by atoms with Gasteiger partial charge in [0.05, 0.1) is 11.6 Å². The Labute approximate surface area is 184 Å². The van der Waals surface area contributed by atoms with E-state index in [1.807, 2.05) is 0 Å². The second-order valence-corrected chi connectivity index (χ2v) is 7.41. The molecule has 0 aromatic heterocycles. The summed E-state index contributed by atoms with van der Waals surface area (Å²) in [5.41, 5.74) is 2.17. The van der Waals surface area contributed by atoms with Crippen molar-refractivity contribution in [2.24, 2.45) is 0 Å². The monoisotopic (exact) mass is 437 g/mol. The number of amides is 2. The summed E-state index contributed by atoms with van der Waals surface area (Å²) in [7, 11) is 0. The van der Waals surface area contributed by atoms with Gasteiger partial charge in [-0.2, -0.15) is 5.26 Å². The fraction of sp³-hybridized carbons (Fsp3) is 0.0870. The second kappa shape index (κ2) is 9.93. The number of benzene rings is 3. The van der Waals surface area contributed by atoms with Crippen molar-refractivity contribution in [1.29, 1.82) is 5.26 Å². The lowest BCUT2D eigenvalue weighted by molar-refractivity contribution is -0.117. The highest BCUT2D eigenvalue weighted by molar-refractivity contribution is 6.31.